The van der Waals surface area contributed by atoms with Crippen LogP contribution in [-0.2, 0) is 17.7 Å². The van der Waals surface area contributed by atoms with E-state index in [1.54, 1.807) is 0 Å². The van der Waals surface area contributed by atoms with Crippen molar-refractivity contribution < 1.29 is 4.74 Å². The molecule has 0 amide bonds. The van der Waals surface area contributed by atoms with Crippen molar-refractivity contribution in [1.29, 1.82) is 0 Å². The third kappa shape index (κ3) is 2.33. The molecule has 0 radical (unpaired) electrons. The lowest BCUT2D eigenvalue weighted by Crippen LogP contribution is -2.21. The zero-order valence-corrected chi connectivity index (χ0v) is 8.33. The van der Waals surface area contributed by atoms with Crippen LogP contribution in [0.5, 0.6) is 0 Å². The molecule has 1 saturated heterocycles. The number of rotatable bonds is 3. The number of nitrogens with one attached hydrogen (secondary N) is 1. The van der Waals surface area contributed by atoms with Gasteiger partial charge in [0, 0.05) is 25.3 Å². The van der Waals surface area contributed by atoms with Gasteiger partial charge in [0.15, 0.2) is 0 Å². The van der Waals surface area contributed by atoms with Gasteiger partial charge in [-0.1, -0.05) is 0 Å². The van der Waals surface area contributed by atoms with E-state index in [-0.39, 0.29) is 0 Å². The smallest absolute Gasteiger partial charge is 0.0651 e. The summed E-state index contributed by atoms with van der Waals surface area (Å²) < 4.78 is 5.64. The first-order valence-electron chi connectivity index (χ1n) is 5.23. The van der Waals surface area contributed by atoms with Gasteiger partial charge in [0.1, 0.15) is 0 Å². The van der Waals surface area contributed by atoms with Gasteiger partial charge in [-0.25, -0.2) is 0 Å². The third-order valence-corrected chi connectivity index (χ3v) is 2.61. The Morgan fingerprint density at radius 1 is 1.57 bits per heavy atom. The molecule has 0 aromatic carbocycles. The van der Waals surface area contributed by atoms with Crippen molar-refractivity contribution in [2.24, 2.45) is 5.73 Å². The molecule has 1 aromatic rings. The molecule has 2 heterocycles. The Morgan fingerprint density at radius 3 is 3.14 bits per heavy atom. The standard InChI is InChI=1S/C10H17N3O/c11-7-9-5-8(12-13-9)6-10-3-1-2-4-14-10/h5,10H,1-4,6-7,11H2,(H,12,13). The van der Waals surface area contributed by atoms with Gasteiger partial charge < -0.3 is 10.5 Å². The molecular weight excluding hydrogens is 178 g/mol. The molecule has 0 bridgehead atoms. The molecule has 1 aliphatic heterocycles. The molecule has 2 rings (SSSR count). The molecule has 78 valence electrons. The van der Waals surface area contributed by atoms with Crippen LogP contribution >= 0.6 is 0 Å². The Bertz CT molecular complexity index is 279. The summed E-state index contributed by atoms with van der Waals surface area (Å²) in [6.07, 6.45) is 4.91. The first-order valence-corrected chi connectivity index (χ1v) is 5.23. The van der Waals surface area contributed by atoms with Crippen molar-refractivity contribution in [2.75, 3.05) is 6.61 Å². The van der Waals surface area contributed by atoms with E-state index in [1.165, 1.54) is 12.8 Å². The van der Waals surface area contributed by atoms with Gasteiger partial charge in [-0.2, -0.15) is 5.10 Å². The summed E-state index contributed by atoms with van der Waals surface area (Å²) in [4.78, 5) is 0. The van der Waals surface area contributed by atoms with Gasteiger partial charge in [-0.05, 0) is 25.3 Å². The van der Waals surface area contributed by atoms with Crippen molar-refractivity contribution in [3.8, 4) is 0 Å². The molecular formula is C10H17N3O. The number of aromatic nitrogens is 2. The molecule has 3 N–H and O–H groups in total. The number of nitrogens with zero attached hydrogens (tertiary/aromatic N) is 1. The van der Waals surface area contributed by atoms with Crippen molar-refractivity contribution in [1.82, 2.24) is 10.2 Å². The quantitative estimate of drug-likeness (QED) is 0.755. The minimum atomic E-state index is 0.359. The molecule has 1 aliphatic rings. The van der Waals surface area contributed by atoms with E-state index in [2.05, 4.69) is 10.2 Å². The second-order valence-electron chi connectivity index (χ2n) is 3.78. The normalized spacial score (nSPS) is 22.5. The van der Waals surface area contributed by atoms with Crippen molar-refractivity contribution in [3.05, 3.63) is 17.5 Å². The van der Waals surface area contributed by atoms with Crippen LogP contribution in [0, 0.1) is 0 Å². The summed E-state index contributed by atoms with van der Waals surface area (Å²) in [5.74, 6) is 0. The molecule has 0 saturated carbocycles. The van der Waals surface area contributed by atoms with E-state index >= 15 is 0 Å². The van der Waals surface area contributed by atoms with E-state index in [9.17, 15) is 0 Å². The maximum absolute atomic E-state index is 5.64. The van der Waals surface area contributed by atoms with E-state index in [0.29, 0.717) is 12.6 Å². The van der Waals surface area contributed by atoms with Gasteiger partial charge in [-0.3, -0.25) is 5.10 Å². The molecule has 1 unspecified atom stereocenters. The summed E-state index contributed by atoms with van der Waals surface area (Å²) in [5.41, 5.74) is 7.56. The van der Waals surface area contributed by atoms with Gasteiger partial charge in [0.2, 0.25) is 0 Å². The van der Waals surface area contributed by atoms with Crippen LogP contribution in [-0.4, -0.2) is 22.9 Å². The molecule has 1 aromatic heterocycles. The fourth-order valence-electron chi connectivity index (χ4n) is 1.82. The average Bonchev–Trinajstić information content (AvgIpc) is 2.67. The highest BCUT2D eigenvalue weighted by Crippen LogP contribution is 2.16. The second kappa shape index (κ2) is 4.57. The minimum absolute atomic E-state index is 0.359. The predicted molar refractivity (Wildman–Crippen MR) is 53.8 cm³/mol. The van der Waals surface area contributed by atoms with Crippen LogP contribution in [0.4, 0.5) is 0 Å². The lowest BCUT2D eigenvalue weighted by molar-refractivity contribution is 0.0162. The fourth-order valence-corrected chi connectivity index (χ4v) is 1.82. The Balaban J connectivity index is 1.89. The summed E-state index contributed by atoms with van der Waals surface area (Å²) in [6.45, 7) is 1.43. The molecule has 1 atom stereocenters. The van der Waals surface area contributed by atoms with Crippen LogP contribution < -0.4 is 5.73 Å². The van der Waals surface area contributed by atoms with Gasteiger partial charge in [0.05, 0.1) is 11.8 Å². The largest absolute Gasteiger partial charge is 0.378 e. The van der Waals surface area contributed by atoms with E-state index < -0.39 is 0 Å². The number of aromatic amines is 1. The monoisotopic (exact) mass is 195 g/mol. The summed E-state index contributed by atoms with van der Waals surface area (Å²) in [6, 6.07) is 2.03. The highest BCUT2D eigenvalue weighted by molar-refractivity contribution is 5.09. The Labute approximate surface area is 83.8 Å². The molecule has 1 fully saturated rings. The Kier molecular flexibility index (Phi) is 3.16. The highest BCUT2D eigenvalue weighted by atomic mass is 16.5. The molecule has 14 heavy (non-hydrogen) atoms. The topological polar surface area (TPSA) is 63.9 Å². The predicted octanol–water partition coefficient (Wildman–Crippen LogP) is 0.980. The lowest BCUT2D eigenvalue weighted by Gasteiger charge is -2.21. The summed E-state index contributed by atoms with van der Waals surface area (Å²) >= 11 is 0. The zero-order chi connectivity index (χ0) is 9.80. The summed E-state index contributed by atoms with van der Waals surface area (Å²) in [7, 11) is 0. The van der Waals surface area contributed by atoms with Crippen LogP contribution in [0.3, 0.4) is 0 Å². The SMILES string of the molecule is NCc1cc(CC2CCCCO2)n[nH]1. The summed E-state index contributed by atoms with van der Waals surface area (Å²) in [5, 5.41) is 7.11. The number of ether oxygens (including phenoxy) is 1. The first kappa shape index (κ1) is 9.68. The van der Waals surface area contributed by atoms with Crippen LogP contribution in [0.2, 0.25) is 0 Å². The molecule has 0 aliphatic carbocycles. The van der Waals surface area contributed by atoms with E-state index in [4.69, 9.17) is 10.5 Å². The number of hydrogen-bond donors (Lipinski definition) is 2. The van der Waals surface area contributed by atoms with Crippen LogP contribution in [0.1, 0.15) is 30.7 Å². The van der Waals surface area contributed by atoms with Crippen molar-refractivity contribution >= 4 is 0 Å². The van der Waals surface area contributed by atoms with Crippen molar-refractivity contribution in [2.45, 2.75) is 38.3 Å². The molecule has 4 nitrogen and oxygen atoms in total. The average molecular weight is 195 g/mol. The van der Waals surface area contributed by atoms with Gasteiger partial charge in [-0.15, -0.1) is 0 Å². The van der Waals surface area contributed by atoms with Crippen molar-refractivity contribution in [3.63, 3.8) is 0 Å². The van der Waals surface area contributed by atoms with Gasteiger partial charge >= 0.3 is 0 Å². The third-order valence-electron chi connectivity index (χ3n) is 2.61. The zero-order valence-electron chi connectivity index (χ0n) is 8.33. The second-order valence-corrected chi connectivity index (χ2v) is 3.78. The van der Waals surface area contributed by atoms with E-state index in [0.717, 1.165) is 30.8 Å². The van der Waals surface area contributed by atoms with Gasteiger partial charge in [0.25, 0.3) is 0 Å². The van der Waals surface area contributed by atoms with E-state index in [1.807, 2.05) is 6.07 Å². The number of hydrogen-bond acceptors (Lipinski definition) is 3. The highest BCUT2D eigenvalue weighted by Gasteiger charge is 2.15. The first-order chi connectivity index (χ1) is 6.88. The Hall–Kier alpha value is -0.870. The number of nitrogens with two attached hydrogens (primary N) is 1. The molecule has 4 heteroatoms. The minimum Gasteiger partial charge on any atom is -0.378 e. The molecule has 0 spiro atoms. The van der Waals surface area contributed by atoms with Crippen LogP contribution in [0.15, 0.2) is 6.07 Å². The number of H-pyrrole nitrogens is 1. The maximum atomic E-state index is 5.64. The lowest BCUT2D eigenvalue weighted by atomic mass is 10.0. The van der Waals surface area contributed by atoms with Crippen LogP contribution in [0.25, 0.3) is 0 Å². The maximum Gasteiger partial charge on any atom is 0.0651 e. The fraction of sp³-hybridized carbons (Fsp3) is 0.700. The Morgan fingerprint density at radius 2 is 2.50 bits per heavy atom.